The van der Waals surface area contributed by atoms with Crippen molar-refractivity contribution in [2.24, 2.45) is 0 Å². The zero-order chi connectivity index (χ0) is 18.5. The summed E-state index contributed by atoms with van der Waals surface area (Å²) in [5, 5.41) is 4.24. The first-order chi connectivity index (χ1) is 13.3. The molecule has 1 aliphatic heterocycles. The summed E-state index contributed by atoms with van der Waals surface area (Å²) >= 11 is 1.53. The second-order valence-electron chi connectivity index (χ2n) is 7.06. The van der Waals surface area contributed by atoms with E-state index in [1.165, 1.54) is 23.3 Å². The fourth-order valence-corrected chi connectivity index (χ4v) is 4.35. The lowest BCUT2D eigenvalue weighted by molar-refractivity contribution is 0.0917. The van der Waals surface area contributed by atoms with Gasteiger partial charge in [-0.15, -0.1) is 11.3 Å². The number of morpholine rings is 1. The molecule has 0 spiro atoms. The molecule has 1 amide bonds. The van der Waals surface area contributed by atoms with Crippen LogP contribution in [0.15, 0.2) is 36.4 Å². The minimum atomic E-state index is -0.000999. The van der Waals surface area contributed by atoms with Crippen LogP contribution in [-0.2, 0) is 11.2 Å². The van der Waals surface area contributed by atoms with Crippen molar-refractivity contribution in [2.45, 2.75) is 31.7 Å². The van der Waals surface area contributed by atoms with Crippen LogP contribution in [-0.4, -0.2) is 44.9 Å². The van der Waals surface area contributed by atoms with E-state index in [0.29, 0.717) is 23.3 Å². The van der Waals surface area contributed by atoms with E-state index in [4.69, 9.17) is 9.47 Å². The zero-order valence-electron chi connectivity index (χ0n) is 15.5. The Hall–Kier alpha value is -2.05. The highest BCUT2D eigenvalue weighted by Gasteiger charge is 2.25. The van der Waals surface area contributed by atoms with E-state index < -0.39 is 0 Å². The normalized spacial score (nSPS) is 17.4. The van der Waals surface area contributed by atoms with Gasteiger partial charge in [-0.05, 0) is 24.8 Å². The Labute approximate surface area is 164 Å². The Bertz CT molecular complexity index is 752. The van der Waals surface area contributed by atoms with Crippen LogP contribution in [0.5, 0.6) is 5.75 Å². The van der Waals surface area contributed by atoms with Crippen LogP contribution in [0.3, 0.4) is 0 Å². The highest BCUT2D eigenvalue weighted by atomic mass is 32.1. The highest BCUT2D eigenvalue weighted by Crippen LogP contribution is 2.36. The van der Waals surface area contributed by atoms with Crippen LogP contribution in [0.25, 0.3) is 0 Å². The second-order valence-corrected chi connectivity index (χ2v) is 8.09. The molecule has 1 saturated carbocycles. The Morgan fingerprint density at radius 2 is 2.00 bits per heavy atom. The van der Waals surface area contributed by atoms with Gasteiger partial charge in [0.25, 0.3) is 5.91 Å². The fourth-order valence-electron chi connectivity index (χ4n) is 3.29. The number of nitrogens with zero attached hydrogens (tertiary/aromatic N) is 1. The molecule has 0 bridgehead atoms. The topological polar surface area (TPSA) is 50.8 Å². The lowest BCUT2D eigenvalue weighted by atomic mass is 9.93. The van der Waals surface area contributed by atoms with E-state index in [1.54, 1.807) is 0 Å². The summed E-state index contributed by atoms with van der Waals surface area (Å²) in [5.41, 5.74) is 1.24. The standard InChI is InChI=1S/C21H26N2O3S/c24-21(22-17-7-4-8-17)20-18(26-12-9-16-5-2-1-3-6-16)15-19(27-20)23-10-13-25-14-11-23/h1-3,5-6,15,17H,4,7-14H2,(H,22,24). The number of amides is 1. The van der Waals surface area contributed by atoms with E-state index in [-0.39, 0.29) is 5.91 Å². The molecule has 5 nitrogen and oxygen atoms in total. The summed E-state index contributed by atoms with van der Waals surface area (Å²) in [6, 6.07) is 12.6. The predicted octanol–water partition coefficient (Wildman–Crippen LogP) is 3.49. The summed E-state index contributed by atoms with van der Waals surface area (Å²) in [4.78, 5) is 15.7. The SMILES string of the molecule is O=C(NC1CCC1)c1sc(N2CCOCC2)cc1OCCc1ccccc1. The molecule has 1 aliphatic carbocycles. The van der Waals surface area contributed by atoms with Gasteiger partial charge >= 0.3 is 0 Å². The lowest BCUT2D eigenvalue weighted by Gasteiger charge is -2.27. The molecule has 0 unspecified atom stereocenters. The van der Waals surface area contributed by atoms with Crippen LogP contribution in [0, 0.1) is 0 Å². The third-order valence-corrected chi connectivity index (χ3v) is 6.32. The van der Waals surface area contributed by atoms with Crippen LogP contribution < -0.4 is 15.0 Å². The number of hydrogen-bond donors (Lipinski definition) is 1. The van der Waals surface area contributed by atoms with E-state index in [9.17, 15) is 4.79 Å². The van der Waals surface area contributed by atoms with Crippen molar-refractivity contribution in [1.29, 1.82) is 0 Å². The van der Waals surface area contributed by atoms with Crippen molar-refractivity contribution in [2.75, 3.05) is 37.8 Å². The van der Waals surface area contributed by atoms with Crippen LogP contribution in [0.2, 0.25) is 0 Å². The molecule has 1 aromatic carbocycles. The average molecular weight is 387 g/mol. The van der Waals surface area contributed by atoms with Gasteiger partial charge in [-0.2, -0.15) is 0 Å². The number of thiophene rings is 1. The van der Waals surface area contributed by atoms with Crippen molar-refractivity contribution in [3.05, 3.63) is 46.8 Å². The Morgan fingerprint density at radius 1 is 1.22 bits per heavy atom. The zero-order valence-corrected chi connectivity index (χ0v) is 16.3. The predicted molar refractivity (Wildman–Crippen MR) is 108 cm³/mol. The smallest absolute Gasteiger partial charge is 0.265 e. The maximum absolute atomic E-state index is 12.8. The molecule has 27 heavy (non-hydrogen) atoms. The molecule has 144 valence electrons. The fraction of sp³-hybridized carbons (Fsp3) is 0.476. The van der Waals surface area contributed by atoms with Crippen molar-refractivity contribution in [3.63, 3.8) is 0 Å². The van der Waals surface area contributed by atoms with Crippen LogP contribution >= 0.6 is 11.3 Å². The van der Waals surface area contributed by atoms with Gasteiger partial charge in [-0.3, -0.25) is 4.79 Å². The van der Waals surface area contributed by atoms with Gasteiger partial charge in [-0.25, -0.2) is 0 Å². The number of carbonyl (C=O) groups excluding carboxylic acids is 1. The molecule has 2 heterocycles. The molecule has 2 aliphatic rings. The van der Waals surface area contributed by atoms with Crippen molar-refractivity contribution >= 4 is 22.2 Å². The Balaban J connectivity index is 1.46. The molecule has 1 aromatic heterocycles. The number of benzene rings is 1. The third kappa shape index (κ3) is 4.62. The number of hydrogen-bond acceptors (Lipinski definition) is 5. The van der Waals surface area contributed by atoms with Crippen molar-refractivity contribution < 1.29 is 14.3 Å². The largest absolute Gasteiger partial charge is 0.491 e. The molecule has 4 rings (SSSR count). The van der Waals surface area contributed by atoms with Gasteiger partial charge in [0.15, 0.2) is 0 Å². The molecule has 2 aromatic rings. The Kier molecular flexibility index (Phi) is 5.94. The average Bonchev–Trinajstić information content (AvgIpc) is 3.10. The molecule has 6 heteroatoms. The monoisotopic (exact) mass is 386 g/mol. The molecular formula is C21H26N2O3S. The summed E-state index contributed by atoms with van der Waals surface area (Å²) in [5.74, 6) is 0.702. The first-order valence-electron chi connectivity index (χ1n) is 9.74. The van der Waals surface area contributed by atoms with E-state index in [0.717, 1.165) is 50.6 Å². The third-order valence-electron chi connectivity index (χ3n) is 5.15. The van der Waals surface area contributed by atoms with Gasteiger partial charge in [0.05, 0.1) is 24.8 Å². The van der Waals surface area contributed by atoms with Gasteiger partial charge in [0.2, 0.25) is 0 Å². The van der Waals surface area contributed by atoms with Crippen LogP contribution in [0.4, 0.5) is 5.00 Å². The van der Waals surface area contributed by atoms with Gasteiger partial charge in [0.1, 0.15) is 10.6 Å². The number of ether oxygens (including phenoxy) is 2. The number of rotatable bonds is 7. The quantitative estimate of drug-likeness (QED) is 0.791. The number of anilines is 1. The van der Waals surface area contributed by atoms with Gasteiger partial charge in [0, 0.05) is 31.6 Å². The molecule has 1 N–H and O–H groups in total. The highest BCUT2D eigenvalue weighted by molar-refractivity contribution is 7.18. The van der Waals surface area contributed by atoms with E-state index in [2.05, 4.69) is 22.3 Å². The molecule has 0 radical (unpaired) electrons. The number of carbonyl (C=O) groups is 1. The molecule has 2 fully saturated rings. The summed E-state index contributed by atoms with van der Waals surface area (Å²) in [7, 11) is 0. The maximum Gasteiger partial charge on any atom is 0.265 e. The summed E-state index contributed by atoms with van der Waals surface area (Å²) in [6.07, 6.45) is 4.19. The van der Waals surface area contributed by atoms with Crippen LogP contribution in [0.1, 0.15) is 34.5 Å². The van der Waals surface area contributed by atoms with Gasteiger partial charge < -0.3 is 19.7 Å². The van der Waals surface area contributed by atoms with Gasteiger partial charge in [-0.1, -0.05) is 30.3 Å². The minimum Gasteiger partial charge on any atom is -0.491 e. The number of nitrogens with one attached hydrogen (secondary N) is 1. The second kappa shape index (κ2) is 8.76. The molecule has 0 atom stereocenters. The first kappa shape index (κ1) is 18.3. The van der Waals surface area contributed by atoms with E-state index in [1.807, 2.05) is 24.3 Å². The Morgan fingerprint density at radius 3 is 2.70 bits per heavy atom. The molecule has 1 saturated heterocycles. The maximum atomic E-state index is 12.8. The minimum absolute atomic E-state index is 0.000999. The lowest BCUT2D eigenvalue weighted by Crippen LogP contribution is -2.39. The van der Waals surface area contributed by atoms with Crippen molar-refractivity contribution in [1.82, 2.24) is 5.32 Å². The van der Waals surface area contributed by atoms with Crippen molar-refractivity contribution in [3.8, 4) is 5.75 Å². The summed E-state index contributed by atoms with van der Waals surface area (Å²) in [6.45, 7) is 3.73. The molecular weight excluding hydrogens is 360 g/mol. The van der Waals surface area contributed by atoms with E-state index >= 15 is 0 Å². The first-order valence-corrected chi connectivity index (χ1v) is 10.6. The summed E-state index contributed by atoms with van der Waals surface area (Å²) < 4.78 is 11.5.